The third-order valence-electron chi connectivity index (χ3n) is 4.22. The first-order valence-electron chi connectivity index (χ1n) is 8.02. The van der Waals surface area contributed by atoms with Crippen LogP contribution in [-0.4, -0.2) is 47.9 Å². The molecule has 1 aliphatic rings. The SMILES string of the molecule is CSc1ccccc1NC(=O)CCN1CCCCC1CCO. The Morgan fingerprint density at radius 2 is 2.23 bits per heavy atom. The van der Waals surface area contributed by atoms with Crippen LogP contribution in [0.1, 0.15) is 32.1 Å². The van der Waals surface area contributed by atoms with E-state index >= 15 is 0 Å². The van der Waals surface area contributed by atoms with E-state index in [1.54, 1.807) is 11.8 Å². The molecule has 1 aliphatic heterocycles. The van der Waals surface area contributed by atoms with Gasteiger partial charge in [0.25, 0.3) is 0 Å². The number of aliphatic hydroxyl groups excluding tert-OH is 1. The standard InChI is InChI=1S/C17H26N2O2S/c1-22-16-8-3-2-7-15(16)18-17(21)9-12-19-11-5-4-6-14(19)10-13-20/h2-3,7-8,14,20H,4-6,9-13H2,1H3,(H,18,21). The van der Waals surface area contributed by atoms with Crippen molar-refractivity contribution in [1.82, 2.24) is 4.90 Å². The molecule has 1 heterocycles. The van der Waals surface area contributed by atoms with Crippen LogP contribution in [-0.2, 0) is 4.79 Å². The Labute approximate surface area is 137 Å². The highest BCUT2D eigenvalue weighted by atomic mass is 32.2. The third kappa shape index (κ3) is 5.00. The minimum absolute atomic E-state index is 0.0646. The highest BCUT2D eigenvalue weighted by molar-refractivity contribution is 7.98. The summed E-state index contributed by atoms with van der Waals surface area (Å²) in [6.07, 6.45) is 6.89. The van der Waals surface area contributed by atoms with Crippen LogP contribution in [0.15, 0.2) is 29.2 Å². The number of benzene rings is 1. The van der Waals surface area contributed by atoms with Crippen molar-refractivity contribution in [2.45, 2.75) is 43.0 Å². The van der Waals surface area contributed by atoms with E-state index in [-0.39, 0.29) is 12.5 Å². The summed E-state index contributed by atoms with van der Waals surface area (Å²) in [4.78, 5) is 15.6. The first-order valence-corrected chi connectivity index (χ1v) is 9.25. The number of nitrogens with zero attached hydrogens (tertiary/aromatic N) is 1. The molecule has 4 nitrogen and oxygen atoms in total. The summed E-state index contributed by atoms with van der Waals surface area (Å²) in [5, 5.41) is 12.2. The van der Waals surface area contributed by atoms with Gasteiger partial charge in [-0.3, -0.25) is 9.69 Å². The molecule has 0 bridgehead atoms. The molecule has 1 amide bonds. The molecule has 0 aromatic heterocycles. The van der Waals surface area contributed by atoms with Gasteiger partial charge in [0.15, 0.2) is 0 Å². The molecular weight excluding hydrogens is 296 g/mol. The van der Waals surface area contributed by atoms with E-state index in [1.165, 1.54) is 12.8 Å². The lowest BCUT2D eigenvalue weighted by molar-refractivity contribution is -0.116. The summed E-state index contributed by atoms with van der Waals surface area (Å²) in [7, 11) is 0. The molecule has 2 N–H and O–H groups in total. The van der Waals surface area contributed by atoms with Gasteiger partial charge in [-0.1, -0.05) is 18.6 Å². The lowest BCUT2D eigenvalue weighted by Gasteiger charge is -2.35. The molecule has 1 aromatic rings. The molecule has 122 valence electrons. The van der Waals surface area contributed by atoms with E-state index in [1.807, 2.05) is 30.5 Å². The molecule has 0 radical (unpaired) electrons. The fourth-order valence-corrected chi connectivity index (χ4v) is 3.59. The zero-order chi connectivity index (χ0) is 15.8. The quantitative estimate of drug-likeness (QED) is 0.758. The minimum atomic E-state index is 0.0646. The van der Waals surface area contributed by atoms with Crippen LogP contribution >= 0.6 is 11.8 Å². The van der Waals surface area contributed by atoms with Gasteiger partial charge in [-0.25, -0.2) is 0 Å². The third-order valence-corrected chi connectivity index (χ3v) is 5.01. The van der Waals surface area contributed by atoms with Gasteiger partial charge in [-0.2, -0.15) is 0 Å². The Hall–Kier alpha value is -1.04. The Morgan fingerprint density at radius 1 is 1.41 bits per heavy atom. The molecule has 1 aromatic carbocycles. The highest BCUT2D eigenvalue weighted by Gasteiger charge is 2.22. The first-order chi connectivity index (χ1) is 10.7. The Kier molecular flexibility index (Phi) is 7.22. The van der Waals surface area contributed by atoms with E-state index in [9.17, 15) is 4.79 Å². The highest BCUT2D eigenvalue weighted by Crippen LogP contribution is 2.25. The number of hydrogen-bond donors (Lipinski definition) is 2. The predicted octanol–water partition coefficient (Wildman–Crippen LogP) is 2.97. The summed E-state index contributed by atoms with van der Waals surface area (Å²) in [6, 6.07) is 8.32. The van der Waals surface area contributed by atoms with Crippen LogP contribution in [0.3, 0.4) is 0 Å². The molecule has 1 unspecified atom stereocenters. The number of para-hydroxylation sites is 1. The topological polar surface area (TPSA) is 52.6 Å². The fraction of sp³-hybridized carbons (Fsp3) is 0.588. The molecule has 1 atom stereocenters. The largest absolute Gasteiger partial charge is 0.396 e. The summed E-state index contributed by atoms with van der Waals surface area (Å²) in [5.41, 5.74) is 0.894. The normalized spacial score (nSPS) is 19.1. The van der Waals surface area contributed by atoms with E-state index in [4.69, 9.17) is 5.11 Å². The van der Waals surface area contributed by atoms with Gasteiger partial charge in [0, 0.05) is 30.5 Å². The van der Waals surface area contributed by atoms with E-state index < -0.39 is 0 Å². The van der Waals surface area contributed by atoms with Crippen LogP contribution in [0.4, 0.5) is 5.69 Å². The number of thioether (sulfide) groups is 1. The second kappa shape index (κ2) is 9.18. The summed E-state index contributed by atoms with van der Waals surface area (Å²) in [5.74, 6) is 0.0646. The lowest BCUT2D eigenvalue weighted by Crippen LogP contribution is -2.41. The zero-order valence-corrected chi connectivity index (χ0v) is 14.1. The van der Waals surface area contributed by atoms with Crippen molar-refractivity contribution in [2.75, 3.05) is 31.3 Å². The lowest BCUT2D eigenvalue weighted by atomic mass is 9.99. The van der Waals surface area contributed by atoms with Crippen molar-refractivity contribution in [3.63, 3.8) is 0 Å². The van der Waals surface area contributed by atoms with Gasteiger partial charge in [0.2, 0.25) is 5.91 Å². The van der Waals surface area contributed by atoms with Crippen molar-refractivity contribution in [1.29, 1.82) is 0 Å². The van der Waals surface area contributed by atoms with Crippen molar-refractivity contribution in [2.24, 2.45) is 0 Å². The van der Waals surface area contributed by atoms with Crippen LogP contribution in [0.2, 0.25) is 0 Å². The average molecular weight is 322 g/mol. The maximum atomic E-state index is 12.2. The Morgan fingerprint density at radius 3 is 3.00 bits per heavy atom. The van der Waals surface area contributed by atoms with Crippen molar-refractivity contribution >= 4 is 23.4 Å². The smallest absolute Gasteiger partial charge is 0.225 e. The van der Waals surface area contributed by atoms with Gasteiger partial charge in [-0.05, 0) is 44.2 Å². The number of likely N-dealkylation sites (tertiary alicyclic amines) is 1. The summed E-state index contributed by atoms with van der Waals surface area (Å²) >= 11 is 1.64. The van der Waals surface area contributed by atoms with E-state index in [0.717, 1.165) is 36.5 Å². The molecule has 5 heteroatoms. The number of aliphatic hydroxyl groups is 1. The minimum Gasteiger partial charge on any atom is -0.396 e. The second-order valence-corrected chi connectivity index (χ2v) is 6.54. The predicted molar refractivity (Wildman–Crippen MR) is 92.4 cm³/mol. The number of hydrogen-bond acceptors (Lipinski definition) is 4. The molecule has 1 saturated heterocycles. The molecule has 1 fully saturated rings. The van der Waals surface area contributed by atoms with Gasteiger partial charge in [-0.15, -0.1) is 11.8 Å². The van der Waals surface area contributed by atoms with E-state index in [2.05, 4.69) is 10.2 Å². The first kappa shape index (κ1) is 17.3. The van der Waals surface area contributed by atoms with Crippen molar-refractivity contribution in [3.05, 3.63) is 24.3 Å². The van der Waals surface area contributed by atoms with E-state index in [0.29, 0.717) is 12.5 Å². The van der Waals surface area contributed by atoms with Gasteiger partial charge in [0.1, 0.15) is 0 Å². The number of carbonyl (C=O) groups is 1. The van der Waals surface area contributed by atoms with Gasteiger partial charge < -0.3 is 10.4 Å². The summed E-state index contributed by atoms with van der Waals surface area (Å²) in [6.45, 7) is 2.05. The maximum absolute atomic E-state index is 12.2. The van der Waals surface area contributed by atoms with Crippen LogP contribution < -0.4 is 5.32 Å². The number of piperidine rings is 1. The Balaban J connectivity index is 1.84. The van der Waals surface area contributed by atoms with Gasteiger partial charge >= 0.3 is 0 Å². The number of anilines is 1. The molecular formula is C17H26N2O2S. The van der Waals surface area contributed by atoms with Crippen molar-refractivity contribution in [3.8, 4) is 0 Å². The monoisotopic (exact) mass is 322 g/mol. The van der Waals surface area contributed by atoms with Crippen LogP contribution in [0.25, 0.3) is 0 Å². The summed E-state index contributed by atoms with van der Waals surface area (Å²) < 4.78 is 0. The maximum Gasteiger partial charge on any atom is 0.225 e. The van der Waals surface area contributed by atoms with Crippen LogP contribution in [0.5, 0.6) is 0 Å². The van der Waals surface area contributed by atoms with Crippen molar-refractivity contribution < 1.29 is 9.90 Å². The molecule has 22 heavy (non-hydrogen) atoms. The van der Waals surface area contributed by atoms with Crippen LogP contribution in [0, 0.1) is 0 Å². The average Bonchev–Trinajstić information content (AvgIpc) is 2.55. The fourth-order valence-electron chi connectivity index (χ4n) is 3.04. The number of carbonyl (C=O) groups excluding carboxylic acids is 1. The molecule has 0 aliphatic carbocycles. The number of rotatable bonds is 7. The number of amides is 1. The molecule has 0 spiro atoms. The number of nitrogens with one attached hydrogen (secondary N) is 1. The zero-order valence-electron chi connectivity index (χ0n) is 13.3. The molecule has 0 saturated carbocycles. The second-order valence-electron chi connectivity index (χ2n) is 5.70. The molecule has 2 rings (SSSR count). The Bertz CT molecular complexity index is 479. The van der Waals surface area contributed by atoms with Gasteiger partial charge in [0.05, 0.1) is 5.69 Å².